The van der Waals surface area contributed by atoms with E-state index in [1.165, 1.54) is 28.7 Å². The summed E-state index contributed by atoms with van der Waals surface area (Å²) in [5.74, 6) is 0.00567. The Kier molecular flexibility index (Phi) is 5.29. The average molecular weight is 431 g/mol. The summed E-state index contributed by atoms with van der Waals surface area (Å²) in [6, 6.07) is 11.3. The number of thiazole rings is 1. The zero-order valence-electron chi connectivity index (χ0n) is 15.0. The fourth-order valence-electron chi connectivity index (χ4n) is 2.72. The lowest BCUT2D eigenvalue weighted by molar-refractivity contribution is -0.113. The lowest BCUT2D eigenvalue weighted by atomic mass is 10.1. The Morgan fingerprint density at radius 2 is 2.04 bits per heavy atom. The van der Waals surface area contributed by atoms with Crippen LogP contribution in [-0.2, 0) is 4.79 Å². The number of aromatic nitrogens is 5. The highest BCUT2D eigenvalue weighted by molar-refractivity contribution is 7.99. The van der Waals surface area contributed by atoms with E-state index in [0.717, 1.165) is 21.5 Å². The number of hydrogen-bond acceptors (Lipinski definition) is 7. The normalized spacial score (nSPS) is 11.1. The minimum atomic E-state index is -0.163. The van der Waals surface area contributed by atoms with Crippen molar-refractivity contribution in [1.29, 1.82) is 0 Å². The van der Waals surface area contributed by atoms with Crippen molar-refractivity contribution in [3.05, 3.63) is 52.5 Å². The van der Waals surface area contributed by atoms with Gasteiger partial charge >= 0.3 is 0 Å². The number of fused-ring (bicyclic) bond motifs is 1. The van der Waals surface area contributed by atoms with E-state index in [-0.39, 0.29) is 11.7 Å². The summed E-state index contributed by atoms with van der Waals surface area (Å²) in [6.45, 7) is 4.07. The number of tetrazole rings is 1. The number of amides is 1. The molecular formula is C18H15ClN6OS2. The van der Waals surface area contributed by atoms with E-state index in [2.05, 4.69) is 38.0 Å². The molecule has 1 amide bonds. The second kappa shape index (κ2) is 7.86. The fraction of sp³-hybridized carbons (Fsp3) is 0.167. The third-order valence-corrected chi connectivity index (χ3v) is 6.01. The van der Waals surface area contributed by atoms with Crippen LogP contribution >= 0.6 is 34.7 Å². The summed E-state index contributed by atoms with van der Waals surface area (Å²) >= 11 is 8.64. The van der Waals surface area contributed by atoms with Crippen molar-refractivity contribution in [3.63, 3.8) is 0 Å². The average Bonchev–Trinajstić information content (AvgIpc) is 3.27. The van der Waals surface area contributed by atoms with E-state index in [9.17, 15) is 4.79 Å². The van der Waals surface area contributed by atoms with Crippen LogP contribution in [0, 0.1) is 13.8 Å². The van der Waals surface area contributed by atoms with Gasteiger partial charge in [0.1, 0.15) is 0 Å². The molecule has 4 aromatic rings. The molecular weight excluding hydrogens is 416 g/mol. The number of nitrogens with zero attached hydrogens (tertiary/aromatic N) is 5. The summed E-state index contributed by atoms with van der Waals surface area (Å²) in [6.07, 6.45) is 0. The molecule has 142 valence electrons. The van der Waals surface area contributed by atoms with Crippen molar-refractivity contribution in [2.24, 2.45) is 0 Å². The van der Waals surface area contributed by atoms with Crippen LogP contribution in [0.25, 0.3) is 15.9 Å². The topological polar surface area (TPSA) is 85.6 Å². The molecule has 0 aliphatic carbocycles. The van der Waals surface area contributed by atoms with Crippen molar-refractivity contribution in [1.82, 2.24) is 25.2 Å². The van der Waals surface area contributed by atoms with E-state index < -0.39 is 0 Å². The second-order valence-electron chi connectivity index (χ2n) is 6.13. The van der Waals surface area contributed by atoms with Gasteiger partial charge in [-0.2, -0.15) is 4.68 Å². The molecule has 28 heavy (non-hydrogen) atoms. The third-order valence-electron chi connectivity index (χ3n) is 3.92. The van der Waals surface area contributed by atoms with E-state index in [0.29, 0.717) is 15.3 Å². The van der Waals surface area contributed by atoms with Crippen LogP contribution in [0.5, 0.6) is 0 Å². The van der Waals surface area contributed by atoms with Gasteiger partial charge in [0.25, 0.3) is 0 Å². The molecule has 0 fully saturated rings. The Hall–Kier alpha value is -2.49. The minimum absolute atomic E-state index is 0.163. The lowest BCUT2D eigenvalue weighted by Gasteiger charge is -2.04. The number of carbonyl (C=O) groups excluding carboxylic acids is 1. The summed E-state index contributed by atoms with van der Waals surface area (Å²) in [5.41, 5.74) is 3.97. The molecule has 2 heterocycles. The lowest BCUT2D eigenvalue weighted by Crippen LogP contribution is -2.14. The number of anilines is 1. The van der Waals surface area contributed by atoms with Crippen molar-refractivity contribution in [2.45, 2.75) is 19.0 Å². The number of aryl methyl sites for hydroxylation is 2. The molecule has 2 aromatic carbocycles. The van der Waals surface area contributed by atoms with Gasteiger partial charge in [-0.25, -0.2) is 4.98 Å². The van der Waals surface area contributed by atoms with E-state index in [1.54, 1.807) is 16.8 Å². The predicted octanol–water partition coefficient (Wildman–Crippen LogP) is 4.27. The summed E-state index contributed by atoms with van der Waals surface area (Å²) < 4.78 is 2.63. The Morgan fingerprint density at radius 1 is 1.25 bits per heavy atom. The maximum atomic E-state index is 12.4. The largest absolute Gasteiger partial charge is 0.301 e. The van der Waals surface area contributed by atoms with Gasteiger partial charge in [0.15, 0.2) is 5.13 Å². The van der Waals surface area contributed by atoms with Crippen LogP contribution in [0.3, 0.4) is 0 Å². The summed E-state index contributed by atoms with van der Waals surface area (Å²) in [5, 5.41) is 16.3. The van der Waals surface area contributed by atoms with E-state index >= 15 is 0 Å². The highest BCUT2D eigenvalue weighted by Crippen LogP contribution is 2.29. The molecule has 10 heteroatoms. The second-order valence-corrected chi connectivity index (χ2v) is 8.54. The van der Waals surface area contributed by atoms with Gasteiger partial charge in [-0.3, -0.25) is 4.79 Å². The van der Waals surface area contributed by atoms with Crippen LogP contribution < -0.4 is 5.32 Å². The van der Waals surface area contributed by atoms with E-state index in [4.69, 9.17) is 11.6 Å². The molecule has 0 bridgehead atoms. The van der Waals surface area contributed by atoms with Crippen LogP contribution in [0.2, 0.25) is 5.02 Å². The van der Waals surface area contributed by atoms with Gasteiger partial charge in [0, 0.05) is 5.02 Å². The molecule has 0 aliphatic rings. The molecule has 7 nitrogen and oxygen atoms in total. The molecule has 1 N–H and O–H groups in total. The molecule has 2 aromatic heterocycles. The third kappa shape index (κ3) is 4.01. The predicted molar refractivity (Wildman–Crippen MR) is 113 cm³/mol. The number of rotatable bonds is 5. The van der Waals surface area contributed by atoms with Crippen LogP contribution in [0.1, 0.15) is 11.1 Å². The number of benzene rings is 2. The maximum absolute atomic E-state index is 12.4. The van der Waals surface area contributed by atoms with Crippen molar-refractivity contribution < 1.29 is 4.79 Å². The standard InChI is InChI=1S/C18H15ClN6OS2/c1-10-7-11(2)16-14(8-10)28-17(21-16)20-15(26)9-27-18-22-23-24-25(18)13-5-3-12(19)4-6-13/h3-8H,9H2,1-2H3,(H,20,21,26). The number of nitrogens with one attached hydrogen (secondary N) is 1. The smallest absolute Gasteiger partial charge is 0.236 e. The monoisotopic (exact) mass is 430 g/mol. The van der Waals surface area contributed by atoms with Crippen molar-refractivity contribution >= 4 is 56.0 Å². The first-order valence-corrected chi connectivity index (χ1v) is 10.5. The number of hydrogen-bond donors (Lipinski definition) is 1. The zero-order valence-corrected chi connectivity index (χ0v) is 17.4. The van der Waals surface area contributed by atoms with Crippen molar-refractivity contribution in [3.8, 4) is 5.69 Å². The zero-order chi connectivity index (χ0) is 19.7. The summed E-state index contributed by atoms with van der Waals surface area (Å²) in [7, 11) is 0. The van der Waals surface area contributed by atoms with Gasteiger partial charge in [-0.05, 0) is 65.7 Å². The van der Waals surface area contributed by atoms with Gasteiger partial charge in [-0.15, -0.1) is 5.10 Å². The Morgan fingerprint density at radius 3 is 2.82 bits per heavy atom. The summed E-state index contributed by atoms with van der Waals surface area (Å²) in [4.78, 5) is 16.9. The molecule has 0 aliphatic heterocycles. The molecule has 0 radical (unpaired) electrons. The maximum Gasteiger partial charge on any atom is 0.236 e. The van der Waals surface area contributed by atoms with Gasteiger partial charge in [-0.1, -0.05) is 40.8 Å². The first kappa shape index (κ1) is 18.9. The Bertz CT molecular complexity index is 1150. The minimum Gasteiger partial charge on any atom is -0.301 e. The highest BCUT2D eigenvalue weighted by Gasteiger charge is 2.14. The van der Waals surface area contributed by atoms with Gasteiger partial charge < -0.3 is 5.32 Å². The van der Waals surface area contributed by atoms with Crippen LogP contribution in [-0.4, -0.2) is 36.9 Å². The quantitative estimate of drug-likeness (QED) is 0.476. The number of carbonyl (C=O) groups is 1. The van der Waals surface area contributed by atoms with Crippen LogP contribution in [0.15, 0.2) is 41.6 Å². The SMILES string of the molecule is Cc1cc(C)c2nc(NC(=O)CSc3nnnn3-c3ccc(Cl)cc3)sc2c1. The first-order valence-electron chi connectivity index (χ1n) is 8.34. The molecule has 0 saturated carbocycles. The van der Waals surface area contributed by atoms with Crippen LogP contribution in [0.4, 0.5) is 5.13 Å². The molecule has 4 rings (SSSR count). The number of halogens is 1. The van der Waals surface area contributed by atoms with Gasteiger partial charge in [0.05, 0.1) is 21.7 Å². The Balaban J connectivity index is 1.44. The molecule has 0 unspecified atom stereocenters. The molecule has 0 atom stereocenters. The van der Waals surface area contributed by atoms with Gasteiger partial charge in [0.2, 0.25) is 11.1 Å². The Labute approximate surface area is 174 Å². The first-order chi connectivity index (χ1) is 13.5. The fourth-order valence-corrected chi connectivity index (χ4v) is 4.60. The van der Waals surface area contributed by atoms with E-state index in [1.807, 2.05) is 26.0 Å². The van der Waals surface area contributed by atoms with Crippen molar-refractivity contribution in [2.75, 3.05) is 11.1 Å². The highest BCUT2D eigenvalue weighted by atomic mass is 35.5. The number of thioether (sulfide) groups is 1. The molecule has 0 saturated heterocycles. The molecule has 0 spiro atoms.